The van der Waals surface area contributed by atoms with Crippen molar-refractivity contribution in [1.29, 1.82) is 0 Å². The van der Waals surface area contributed by atoms with Crippen LogP contribution in [0.15, 0.2) is 265 Å². The number of anilines is 3. The Balaban J connectivity index is 1.06. The van der Waals surface area contributed by atoms with E-state index in [2.05, 4.69) is 260 Å². The number of nitrogens with zero attached hydrogens (tertiary/aromatic N) is 1. The number of benzene rings is 11. The Morgan fingerprint density at radius 2 is 0.773 bits per heavy atom. The molecule has 12 rings (SSSR count). The van der Waals surface area contributed by atoms with E-state index in [0.29, 0.717) is 0 Å². The zero-order chi connectivity index (χ0) is 43.8. The van der Waals surface area contributed by atoms with Crippen molar-refractivity contribution in [3.05, 3.63) is 261 Å². The summed E-state index contributed by atoms with van der Waals surface area (Å²) in [5.74, 6) is 0. The molecule has 12 aromatic rings. The first-order valence-corrected chi connectivity index (χ1v) is 22.6. The molecule has 0 aliphatic heterocycles. The summed E-state index contributed by atoms with van der Waals surface area (Å²) in [7, 11) is 0. The molecule has 0 saturated carbocycles. The Morgan fingerprint density at radius 3 is 1.53 bits per heavy atom. The molecule has 0 N–H and O–H groups in total. The maximum absolute atomic E-state index is 6.72. The van der Waals surface area contributed by atoms with Crippen LogP contribution in [0.5, 0.6) is 0 Å². The van der Waals surface area contributed by atoms with Crippen molar-refractivity contribution in [2.45, 2.75) is 0 Å². The zero-order valence-corrected chi connectivity index (χ0v) is 36.2. The van der Waals surface area contributed by atoms with Crippen molar-refractivity contribution >= 4 is 49.8 Å². The molecule has 1 aromatic heterocycles. The maximum Gasteiger partial charge on any atom is 0.143 e. The number of hydrogen-bond acceptors (Lipinski definition) is 2. The fourth-order valence-electron chi connectivity index (χ4n) is 9.73. The van der Waals surface area contributed by atoms with E-state index < -0.39 is 0 Å². The molecule has 11 aromatic carbocycles. The molecule has 66 heavy (non-hydrogen) atoms. The van der Waals surface area contributed by atoms with Crippen LogP contribution < -0.4 is 4.90 Å². The number of para-hydroxylation sites is 3. The molecule has 0 bridgehead atoms. The third-order valence-corrected chi connectivity index (χ3v) is 12.9. The highest BCUT2D eigenvalue weighted by Crippen LogP contribution is 2.51. The molecule has 0 atom stereocenters. The lowest BCUT2D eigenvalue weighted by Gasteiger charge is -2.31. The Labute approximate surface area is 384 Å². The maximum atomic E-state index is 6.72. The summed E-state index contributed by atoms with van der Waals surface area (Å²) >= 11 is 0. The van der Waals surface area contributed by atoms with Crippen LogP contribution in [0, 0.1) is 0 Å². The summed E-state index contributed by atoms with van der Waals surface area (Å²) in [4.78, 5) is 2.45. The second-order valence-electron chi connectivity index (χ2n) is 16.8. The molecule has 0 unspecified atom stereocenters. The fourth-order valence-corrected chi connectivity index (χ4v) is 9.73. The van der Waals surface area contributed by atoms with E-state index in [0.717, 1.165) is 83.5 Å². The summed E-state index contributed by atoms with van der Waals surface area (Å²) in [6.07, 6.45) is 0. The highest BCUT2D eigenvalue weighted by atomic mass is 16.3. The Hall–Kier alpha value is -8.72. The van der Waals surface area contributed by atoms with E-state index in [1.165, 1.54) is 33.0 Å². The first-order chi connectivity index (χ1) is 32.7. The van der Waals surface area contributed by atoms with E-state index in [1.54, 1.807) is 0 Å². The lowest BCUT2D eigenvalue weighted by molar-refractivity contribution is 0.670. The first kappa shape index (κ1) is 38.9. The van der Waals surface area contributed by atoms with Gasteiger partial charge in [0.05, 0.1) is 11.4 Å². The molecule has 0 aliphatic carbocycles. The van der Waals surface area contributed by atoms with Crippen molar-refractivity contribution in [1.82, 2.24) is 0 Å². The average molecular weight is 842 g/mol. The minimum absolute atomic E-state index is 0.876. The summed E-state index contributed by atoms with van der Waals surface area (Å²) in [6.45, 7) is 0. The van der Waals surface area contributed by atoms with Gasteiger partial charge in [0.1, 0.15) is 11.2 Å². The van der Waals surface area contributed by atoms with Crippen LogP contribution in [-0.2, 0) is 0 Å². The quantitative estimate of drug-likeness (QED) is 0.144. The molecule has 0 radical (unpaired) electrons. The van der Waals surface area contributed by atoms with Crippen molar-refractivity contribution in [2.75, 3.05) is 4.90 Å². The zero-order valence-electron chi connectivity index (χ0n) is 36.2. The molecule has 2 heteroatoms. The van der Waals surface area contributed by atoms with Gasteiger partial charge in [0.25, 0.3) is 0 Å². The van der Waals surface area contributed by atoms with Crippen LogP contribution in [0.25, 0.3) is 99.5 Å². The number of furan rings is 1. The van der Waals surface area contributed by atoms with Crippen molar-refractivity contribution in [2.24, 2.45) is 0 Å². The number of fused-ring (bicyclic) bond motifs is 4. The van der Waals surface area contributed by atoms with Crippen molar-refractivity contribution in [3.8, 4) is 66.8 Å². The monoisotopic (exact) mass is 841 g/mol. The Kier molecular flexibility index (Phi) is 9.89. The summed E-state index contributed by atoms with van der Waals surface area (Å²) < 4.78 is 6.72. The van der Waals surface area contributed by atoms with E-state index in [1.807, 2.05) is 6.07 Å². The van der Waals surface area contributed by atoms with Crippen LogP contribution >= 0.6 is 0 Å². The molecule has 0 aliphatic rings. The van der Waals surface area contributed by atoms with Gasteiger partial charge in [0, 0.05) is 33.2 Å². The highest BCUT2D eigenvalue weighted by Gasteiger charge is 2.25. The van der Waals surface area contributed by atoms with E-state index >= 15 is 0 Å². The standard InChI is InChI=1S/C64H43NO/c1-3-18-48(19-4-1)53-23-9-10-26-57(53)63-54(49-20-5-2-6-21-49)27-16-31-61(63)65(60-30-13-11-24-55(60)58-28-15-29-59-56-25-12-14-32-62(56)66-64(58)59)52-41-39-46(40-42-52)45-33-35-47(36-34-45)51-38-37-44-17-7-8-22-50(44)43-51/h1-43H. The molecule has 310 valence electrons. The lowest BCUT2D eigenvalue weighted by Crippen LogP contribution is -2.13. The van der Waals surface area contributed by atoms with Gasteiger partial charge in [0.15, 0.2) is 0 Å². The smallest absolute Gasteiger partial charge is 0.143 e. The normalized spacial score (nSPS) is 11.3. The largest absolute Gasteiger partial charge is 0.455 e. The average Bonchev–Trinajstić information content (AvgIpc) is 3.79. The van der Waals surface area contributed by atoms with Crippen LogP contribution in [0.2, 0.25) is 0 Å². The molecule has 0 spiro atoms. The van der Waals surface area contributed by atoms with Crippen LogP contribution in [0.3, 0.4) is 0 Å². The van der Waals surface area contributed by atoms with Gasteiger partial charge in [-0.05, 0) is 97.2 Å². The molecular formula is C64H43NO. The third kappa shape index (κ3) is 7.02. The minimum atomic E-state index is 0.876. The predicted octanol–water partition coefficient (Wildman–Crippen LogP) is 18.2. The third-order valence-electron chi connectivity index (χ3n) is 12.9. The second kappa shape index (κ2) is 16.8. The molecule has 2 nitrogen and oxygen atoms in total. The molecular weight excluding hydrogens is 799 g/mol. The fraction of sp³-hybridized carbons (Fsp3) is 0. The minimum Gasteiger partial charge on any atom is -0.455 e. The van der Waals surface area contributed by atoms with E-state index in [-0.39, 0.29) is 0 Å². The van der Waals surface area contributed by atoms with E-state index in [4.69, 9.17) is 4.42 Å². The first-order valence-electron chi connectivity index (χ1n) is 22.6. The van der Waals surface area contributed by atoms with Gasteiger partial charge in [0.2, 0.25) is 0 Å². The highest BCUT2D eigenvalue weighted by molar-refractivity contribution is 6.11. The van der Waals surface area contributed by atoms with Gasteiger partial charge in [-0.25, -0.2) is 0 Å². The van der Waals surface area contributed by atoms with Gasteiger partial charge in [-0.15, -0.1) is 0 Å². The van der Waals surface area contributed by atoms with Gasteiger partial charge in [-0.1, -0.05) is 224 Å². The van der Waals surface area contributed by atoms with Crippen LogP contribution in [0.1, 0.15) is 0 Å². The molecule has 0 amide bonds. The predicted molar refractivity (Wildman–Crippen MR) is 279 cm³/mol. The van der Waals surface area contributed by atoms with E-state index in [9.17, 15) is 0 Å². The SMILES string of the molecule is c1ccc(-c2ccccc2-c2c(-c3ccccc3)cccc2N(c2ccc(-c3ccc(-c4ccc5ccccc5c4)cc3)cc2)c2ccccc2-c2cccc3c2oc2ccccc23)cc1. The number of rotatable bonds is 9. The van der Waals surface area contributed by atoms with Crippen LogP contribution in [0.4, 0.5) is 17.1 Å². The number of hydrogen-bond donors (Lipinski definition) is 0. The van der Waals surface area contributed by atoms with Crippen LogP contribution in [-0.4, -0.2) is 0 Å². The molecule has 0 fully saturated rings. The van der Waals surface area contributed by atoms with Gasteiger partial charge in [-0.3, -0.25) is 0 Å². The van der Waals surface area contributed by atoms with Gasteiger partial charge < -0.3 is 9.32 Å². The Bertz CT molecular complexity index is 3680. The second-order valence-corrected chi connectivity index (χ2v) is 16.8. The van der Waals surface area contributed by atoms with Crippen molar-refractivity contribution in [3.63, 3.8) is 0 Å². The van der Waals surface area contributed by atoms with Crippen molar-refractivity contribution < 1.29 is 4.42 Å². The van der Waals surface area contributed by atoms with Gasteiger partial charge >= 0.3 is 0 Å². The summed E-state index contributed by atoms with van der Waals surface area (Å²) in [6, 6.07) is 93.9. The Morgan fingerprint density at radius 1 is 0.273 bits per heavy atom. The molecule has 1 heterocycles. The molecule has 0 saturated heterocycles. The summed E-state index contributed by atoms with van der Waals surface area (Å²) in [5, 5.41) is 4.71. The topological polar surface area (TPSA) is 16.4 Å². The summed E-state index contributed by atoms with van der Waals surface area (Å²) in [5.41, 5.74) is 18.7. The van der Waals surface area contributed by atoms with Gasteiger partial charge in [-0.2, -0.15) is 0 Å². The lowest BCUT2D eigenvalue weighted by atomic mass is 9.87.